The fourth-order valence-electron chi connectivity index (χ4n) is 2.18. The Kier molecular flexibility index (Phi) is 4.00. The van der Waals surface area contributed by atoms with E-state index < -0.39 is 11.6 Å². The van der Waals surface area contributed by atoms with E-state index in [1.54, 1.807) is 30.3 Å². The van der Waals surface area contributed by atoms with Gasteiger partial charge in [0.2, 0.25) is 5.89 Å². The van der Waals surface area contributed by atoms with Crippen molar-refractivity contribution < 1.29 is 13.9 Å². The third-order valence-electron chi connectivity index (χ3n) is 3.29. The van der Waals surface area contributed by atoms with Gasteiger partial charge in [0, 0.05) is 17.0 Å². The molecule has 0 amide bonds. The van der Waals surface area contributed by atoms with E-state index in [-0.39, 0.29) is 5.89 Å². The molecule has 5 nitrogen and oxygen atoms in total. The molecule has 1 heterocycles. The molecular formula is C17H12BrNO4. The summed E-state index contributed by atoms with van der Waals surface area (Å²) in [6.45, 7) is 3.22. The molecule has 0 atom stereocenters. The maximum Gasteiger partial charge on any atom is 0.348 e. The normalized spacial score (nSPS) is 10.7. The topological polar surface area (TPSA) is 69.4 Å². The number of aromatic nitrogens is 1. The van der Waals surface area contributed by atoms with Gasteiger partial charge in [-0.1, -0.05) is 6.07 Å². The lowest BCUT2D eigenvalue weighted by molar-refractivity contribution is -0.131. The minimum Gasteiger partial charge on any atom is -0.427 e. The van der Waals surface area contributed by atoms with E-state index in [0.29, 0.717) is 26.7 Å². The minimum absolute atomic E-state index is 0.215. The second-order valence-electron chi connectivity index (χ2n) is 5.02. The highest BCUT2D eigenvalue weighted by molar-refractivity contribution is 9.10. The number of esters is 1. The van der Waals surface area contributed by atoms with Crippen LogP contribution < -0.4 is 10.4 Å². The summed E-state index contributed by atoms with van der Waals surface area (Å²) >= 11 is 3.40. The molecule has 0 saturated heterocycles. The molecule has 2 aromatic carbocycles. The highest BCUT2D eigenvalue weighted by Gasteiger charge is 2.12. The van der Waals surface area contributed by atoms with Gasteiger partial charge in [-0.3, -0.25) is 4.79 Å². The van der Waals surface area contributed by atoms with E-state index in [2.05, 4.69) is 20.9 Å². The van der Waals surface area contributed by atoms with Gasteiger partial charge in [0.05, 0.1) is 5.52 Å². The fourth-order valence-corrected chi connectivity index (χ4v) is 2.68. The number of carbonyl (C=O) groups is 1. The molecule has 0 bridgehead atoms. The molecule has 0 N–H and O–H groups in total. The van der Waals surface area contributed by atoms with Crippen molar-refractivity contribution in [2.45, 2.75) is 13.8 Å². The van der Waals surface area contributed by atoms with Crippen molar-refractivity contribution in [2.75, 3.05) is 0 Å². The number of aryl methyl sites for hydroxylation is 1. The van der Waals surface area contributed by atoms with Gasteiger partial charge < -0.3 is 9.15 Å². The van der Waals surface area contributed by atoms with Crippen molar-refractivity contribution in [3.63, 3.8) is 0 Å². The summed E-state index contributed by atoms with van der Waals surface area (Å²) in [5.74, 6) is 0.240. The van der Waals surface area contributed by atoms with Crippen molar-refractivity contribution in [1.29, 1.82) is 0 Å². The van der Waals surface area contributed by atoms with Crippen molar-refractivity contribution in [2.24, 2.45) is 0 Å². The number of hydrogen-bond acceptors (Lipinski definition) is 5. The van der Waals surface area contributed by atoms with Gasteiger partial charge in [-0.15, -0.1) is 0 Å². The Morgan fingerprint density at radius 1 is 1.17 bits per heavy atom. The zero-order valence-corrected chi connectivity index (χ0v) is 14.0. The van der Waals surface area contributed by atoms with Crippen LogP contribution in [-0.2, 0) is 4.79 Å². The lowest BCUT2D eigenvalue weighted by atomic mass is 10.1. The van der Waals surface area contributed by atoms with E-state index >= 15 is 0 Å². The van der Waals surface area contributed by atoms with Crippen LogP contribution in [0.4, 0.5) is 0 Å². The van der Waals surface area contributed by atoms with Crippen molar-refractivity contribution >= 4 is 32.8 Å². The quantitative estimate of drug-likeness (QED) is 0.503. The lowest BCUT2D eigenvalue weighted by Crippen LogP contribution is -2.04. The van der Waals surface area contributed by atoms with Gasteiger partial charge in [0.1, 0.15) is 11.1 Å². The Balaban J connectivity index is 2.09. The Labute approximate surface area is 140 Å². The van der Waals surface area contributed by atoms with Crippen LogP contribution in [0.1, 0.15) is 12.5 Å². The van der Waals surface area contributed by atoms with Crippen LogP contribution in [0.15, 0.2) is 50.1 Å². The largest absolute Gasteiger partial charge is 0.427 e. The molecule has 0 unspecified atom stereocenters. The minimum atomic E-state index is -0.454. The Hall–Kier alpha value is -2.47. The molecule has 1 aromatic heterocycles. The molecule has 3 rings (SSSR count). The molecule has 0 saturated carbocycles. The summed E-state index contributed by atoms with van der Waals surface area (Å²) in [6, 6.07) is 10.3. The van der Waals surface area contributed by atoms with Gasteiger partial charge in [0.15, 0.2) is 0 Å². The third-order valence-corrected chi connectivity index (χ3v) is 4.31. The van der Waals surface area contributed by atoms with E-state index in [0.717, 1.165) is 5.56 Å². The van der Waals surface area contributed by atoms with Gasteiger partial charge in [-0.2, -0.15) is 0 Å². The first-order valence-corrected chi connectivity index (χ1v) is 7.64. The second-order valence-corrected chi connectivity index (χ2v) is 5.81. The number of rotatable bonds is 2. The average molecular weight is 374 g/mol. The first-order chi connectivity index (χ1) is 11.0. The molecule has 3 aromatic rings. The number of fused-ring (bicyclic) bond motifs is 1. The molecule has 0 aliphatic carbocycles. The number of carbonyl (C=O) groups excluding carboxylic acids is 1. The van der Waals surface area contributed by atoms with Crippen LogP contribution in [0, 0.1) is 6.92 Å². The molecule has 23 heavy (non-hydrogen) atoms. The molecule has 0 aliphatic heterocycles. The van der Waals surface area contributed by atoms with E-state index in [1.807, 2.05) is 13.0 Å². The highest BCUT2D eigenvalue weighted by atomic mass is 79.9. The third kappa shape index (κ3) is 3.03. The molecule has 0 spiro atoms. The number of hydrogen-bond donors (Lipinski definition) is 0. The molecule has 6 heteroatoms. The average Bonchev–Trinajstić information content (AvgIpc) is 2.50. The van der Waals surface area contributed by atoms with Gasteiger partial charge in [-0.05, 0) is 58.7 Å². The number of ether oxygens (including phenoxy) is 1. The standard InChI is InChI=1S/C17H12BrNO4/c1-9-3-8-13-14(15(9)18)17(21)23-16(19-13)11-4-6-12(7-5-11)22-10(2)20/h3-8H,1-2H3. The summed E-state index contributed by atoms with van der Waals surface area (Å²) in [5.41, 5.74) is 1.66. The maximum absolute atomic E-state index is 12.3. The summed E-state index contributed by atoms with van der Waals surface area (Å²) in [7, 11) is 0. The summed E-state index contributed by atoms with van der Waals surface area (Å²) in [4.78, 5) is 27.6. The lowest BCUT2D eigenvalue weighted by Gasteiger charge is -2.06. The van der Waals surface area contributed by atoms with Crippen LogP contribution in [0.3, 0.4) is 0 Å². The summed E-state index contributed by atoms with van der Waals surface area (Å²) in [6.07, 6.45) is 0. The maximum atomic E-state index is 12.3. The molecular weight excluding hydrogens is 362 g/mol. The molecule has 0 fully saturated rings. The first kappa shape index (κ1) is 15.4. The highest BCUT2D eigenvalue weighted by Crippen LogP contribution is 2.26. The van der Waals surface area contributed by atoms with E-state index in [4.69, 9.17) is 9.15 Å². The second kappa shape index (κ2) is 5.96. The molecule has 0 aliphatic rings. The van der Waals surface area contributed by atoms with Gasteiger partial charge in [-0.25, -0.2) is 9.78 Å². The van der Waals surface area contributed by atoms with Crippen LogP contribution in [0.25, 0.3) is 22.4 Å². The predicted octanol–water partition coefficient (Wildman–Crippen LogP) is 3.85. The number of benzene rings is 2. The summed E-state index contributed by atoms with van der Waals surface area (Å²) in [5, 5.41) is 0.422. The Bertz CT molecular complexity index is 961. The SMILES string of the molecule is CC(=O)Oc1ccc(-c2nc3ccc(C)c(Br)c3c(=O)o2)cc1. The monoisotopic (exact) mass is 373 g/mol. The fraction of sp³-hybridized carbons (Fsp3) is 0.118. The van der Waals surface area contributed by atoms with Gasteiger partial charge in [0.25, 0.3) is 0 Å². The van der Waals surface area contributed by atoms with Crippen molar-refractivity contribution in [3.8, 4) is 17.2 Å². The van der Waals surface area contributed by atoms with E-state index in [9.17, 15) is 9.59 Å². The van der Waals surface area contributed by atoms with Gasteiger partial charge >= 0.3 is 11.6 Å². The summed E-state index contributed by atoms with van der Waals surface area (Å²) < 4.78 is 11.0. The van der Waals surface area contributed by atoms with E-state index in [1.165, 1.54) is 6.92 Å². The number of nitrogens with zero attached hydrogens (tertiary/aromatic N) is 1. The van der Waals surface area contributed by atoms with Crippen molar-refractivity contribution in [3.05, 3.63) is 56.9 Å². The molecule has 0 radical (unpaired) electrons. The Morgan fingerprint density at radius 3 is 2.52 bits per heavy atom. The molecule has 116 valence electrons. The Morgan fingerprint density at radius 2 is 1.87 bits per heavy atom. The van der Waals surface area contributed by atoms with Crippen LogP contribution in [0.5, 0.6) is 5.75 Å². The zero-order valence-electron chi connectivity index (χ0n) is 12.4. The number of halogens is 1. The predicted molar refractivity (Wildman–Crippen MR) is 89.5 cm³/mol. The smallest absolute Gasteiger partial charge is 0.348 e. The zero-order chi connectivity index (χ0) is 16.6. The van der Waals surface area contributed by atoms with Crippen LogP contribution >= 0.6 is 15.9 Å². The first-order valence-electron chi connectivity index (χ1n) is 6.84. The van der Waals surface area contributed by atoms with Crippen molar-refractivity contribution in [1.82, 2.24) is 4.98 Å². The van der Waals surface area contributed by atoms with Crippen LogP contribution in [-0.4, -0.2) is 11.0 Å². The van der Waals surface area contributed by atoms with Crippen LogP contribution in [0.2, 0.25) is 0 Å².